The molecule has 293 valence electrons. The van der Waals surface area contributed by atoms with Gasteiger partial charge in [0, 0.05) is 17.8 Å². The molecule has 1 aromatic heterocycles. The van der Waals surface area contributed by atoms with Gasteiger partial charge < -0.3 is 0 Å². The lowest BCUT2D eigenvalue weighted by Gasteiger charge is -2.16. The van der Waals surface area contributed by atoms with Crippen molar-refractivity contribution >= 4 is 0 Å². The molecule has 0 atom stereocenters. The van der Waals surface area contributed by atoms with E-state index in [4.69, 9.17) is 9.97 Å². The molecule has 0 spiro atoms. The third-order valence-electron chi connectivity index (χ3n) is 11.3. The van der Waals surface area contributed by atoms with Crippen molar-refractivity contribution in [3.8, 4) is 0 Å². The third kappa shape index (κ3) is 28.6. The Morgan fingerprint density at radius 2 is 0.520 bits per heavy atom. The summed E-state index contributed by atoms with van der Waals surface area (Å²) in [6, 6.07) is 0. The van der Waals surface area contributed by atoms with Crippen molar-refractivity contribution in [1.29, 1.82) is 0 Å². The van der Waals surface area contributed by atoms with E-state index >= 15 is 0 Å². The number of hydrogen-bond donors (Lipinski definition) is 0. The molecule has 0 saturated carbocycles. The first kappa shape index (κ1) is 47.1. The van der Waals surface area contributed by atoms with Gasteiger partial charge in [-0.1, -0.05) is 233 Å². The number of aromatic nitrogens is 2. The smallest absolute Gasteiger partial charge is 0.128 e. The number of rotatable bonds is 40. The van der Waals surface area contributed by atoms with Crippen LogP contribution in [-0.4, -0.2) is 9.97 Å². The normalized spacial score (nSPS) is 11.6. The molecule has 0 fully saturated rings. The van der Waals surface area contributed by atoms with Crippen molar-refractivity contribution in [2.75, 3.05) is 0 Å². The summed E-state index contributed by atoms with van der Waals surface area (Å²) in [5.41, 5.74) is 4.32. The Bertz CT molecular complexity index is 767. The molecule has 1 radical (unpaired) electrons. The fourth-order valence-corrected chi connectivity index (χ4v) is 7.86. The summed E-state index contributed by atoms with van der Waals surface area (Å²) in [6.45, 7) is 11.1. The number of nitrogens with zero attached hydrogens (tertiary/aromatic N) is 2. The highest BCUT2D eigenvalue weighted by Gasteiger charge is 2.14. The summed E-state index contributed by atoms with van der Waals surface area (Å²) in [7, 11) is 0. The molecule has 0 saturated heterocycles. The monoisotopic (exact) mass is 696 g/mol. The Balaban J connectivity index is 2.51. The first-order valence-electron chi connectivity index (χ1n) is 23.4. The van der Waals surface area contributed by atoms with Crippen molar-refractivity contribution in [3.63, 3.8) is 0 Å². The van der Waals surface area contributed by atoms with Crippen LogP contribution in [0.25, 0.3) is 0 Å². The number of hydrogen-bond acceptors (Lipinski definition) is 2. The lowest BCUT2D eigenvalue weighted by Crippen LogP contribution is -2.11. The van der Waals surface area contributed by atoms with E-state index in [1.807, 2.05) is 0 Å². The topological polar surface area (TPSA) is 25.8 Å². The van der Waals surface area contributed by atoms with Crippen LogP contribution >= 0.6 is 0 Å². The first-order chi connectivity index (χ1) is 24.8. The first-order valence-corrected chi connectivity index (χ1v) is 23.4. The predicted octanol–water partition coefficient (Wildman–Crippen LogP) is 16.6. The molecule has 2 nitrogen and oxygen atoms in total. The standard InChI is InChI=1S/C48H91N2/c1-5-9-12-15-18-21-24-27-30-33-36-39-42-45-46(43-40-37-34-31-28-25-22-19-16-13-10-6-2)49-48(8-4)50-47(45)44-41-38-35-32-29-26-23-20-17-14-11-7-3/h4-44H2,1-3H3. The zero-order chi connectivity index (χ0) is 36.0. The van der Waals surface area contributed by atoms with Crippen LogP contribution in [-0.2, 0) is 25.7 Å². The van der Waals surface area contributed by atoms with Gasteiger partial charge in [-0.05, 0) is 51.0 Å². The van der Waals surface area contributed by atoms with Crippen LogP contribution in [0.3, 0.4) is 0 Å². The second kappa shape index (κ2) is 37.8. The van der Waals surface area contributed by atoms with Crippen LogP contribution in [0.4, 0.5) is 0 Å². The Morgan fingerprint density at radius 1 is 0.300 bits per heavy atom. The van der Waals surface area contributed by atoms with Gasteiger partial charge in [0.05, 0.1) is 0 Å². The minimum atomic E-state index is 0.718. The summed E-state index contributed by atoms with van der Waals surface area (Å²) >= 11 is 0. The van der Waals surface area contributed by atoms with Crippen LogP contribution in [0, 0.1) is 6.92 Å². The van der Waals surface area contributed by atoms with Crippen molar-refractivity contribution in [2.45, 2.75) is 278 Å². The van der Waals surface area contributed by atoms with E-state index in [-0.39, 0.29) is 0 Å². The Hall–Kier alpha value is -0.920. The van der Waals surface area contributed by atoms with E-state index in [9.17, 15) is 0 Å². The molecule has 0 aliphatic carbocycles. The second-order valence-electron chi connectivity index (χ2n) is 16.2. The molecule has 0 aromatic carbocycles. The maximum Gasteiger partial charge on any atom is 0.128 e. The summed E-state index contributed by atoms with van der Waals surface area (Å²) in [5.74, 6) is 0.992. The van der Waals surface area contributed by atoms with E-state index in [1.165, 1.54) is 249 Å². The SMILES string of the molecule is [CH2]Cc1nc(CCCCCCCCCCCCCC)c(CCCCCCCCCCCCCC)c(CCCCCCCCCCCCCC)n1. The van der Waals surface area contributed by atoms with Crippen LogP contribution in [0.2, 0.25) is 0 Å². The summed E-state index contributed by atoms with van der Waals surface area (Å²) in [5, 5.41) is 0. The van der Waals surface area contributed by atoms with Gasteiger partial charge in [-0.25, -0.2) is 9.97 Å². The molecule has 0 amide bonds. The molecule has 0 aliphatic heterocycles. The number of aryl methyl sites for hydroxylation is 2. The molecule has 0 N–H and O–H groups in total. The van der Waals surface area contributed by atoms with Crippen molar-refractivity contribution in [1.82, 2.24) is 9.97 Å². The highest BCUT2D eigenvalue weighted by atomic mass is 14.9. The third-order valence-corrected chi connectivity index (χ3v) is 11.3. The Morgan fingerprint density at radius 3 is 0.760 bits per heavy atom. The van der Waals surface area contributed by atoms with Gasteiger partial charge in [-0.15, -0.1) is 0 Å². The lowest BCUT2D eigenvalue weighted by molar-refractivity contribution is 0.538. The van der Waals surface area contributed by atoms with Crippen LogP contribution in [0.5, 0.6) is 0 Å². The van der Waals surface area contributed by atoms with Crippen LogP contribution < -0.4 is 0 Å². The van der Waals surface area contributed by atoms with E-state index < -0.39 is 0 Å². The predicted molar refractivity (Wildman–Crippen MR) is 225 cm³/mol. The van der Waals surface area contributed by atoms with Gasteiger partial charge >= 0.3 is 0 Å². The van der Waals surface area contributed by atoms with E-state index in [1.54, 1.807) is 5.56 Å². The van der Waals surface area contributed by atoms with Gasteiger partial charge in [0.2, 0.25) is 0 Å². The summed E-state index contributed by atoms with van der Waals surface area (Å²) in [6.07, 6.45) is 54.9. The van der Waals surface area contributed by atoms with E-state index in [0.29, 0.717) is 0 Å². The molecule has 1 aromatic rings. The highest BCUT2D eigenvalue weighted by Crippen LogP contribution is 2.23. The average Bonchev–Trinajstić information content (AvgIpc) is 3.13. The van der Waals surface area contributed by atoms with Gasteiger partial charge in [0.25, 0.3) is 0 Å². The minimum Gasteiger partial charge on any atom is -0.238 e. The van der Waals surface area contributed by atoms with Gasteiger partial charge in [0.1, 0.15) is 5.82 Å². The molecule has 1 rings (SSSR count). The van der Waals surface area contributed by atoms with Crippen LogP contribution in [0.15, 0.2) is 0 Å². The van der Waals surface area contributed by atoms with Crippen LogP contribution in [0.1, 0.15) is 275 Å². The van der Waals surface area contributed by atoms with Crippen molar-refractivity contribution in [2.24, 2.45) is 0 Å². The highest BCUT2D eigenvalue weighted by molar-refractivity contribution is 5.27. The van der Waals surface area contributed by atoms with Crippen molar-refractivity contribution in [3.05, 3.63) is 29.7 Å². The summed E-state index contributed by atoms with van der Waals surface area (Å²) < 4.78 is 0. The van der Waals surface area contributed by atoms with Gasteiger partial charge in [-0.2, -0.15) is 0 Å². The lowest BCUT2D eigenvalue weighted by atomic mass is 9.96. The Kier molecular flexibility index (Phi) is 35.6. The molecule has 0 aliphatic rings. The molecule has 0 unspecified atom stereocenters. The van der Waals surface area contributed by atoms with E-state index in [2.05, 4.69) is 27.7 Å². The van der Waals surface area contributed by atoms with Gasteiger partial charge in [0.15, 0.2) is 0 Å². The fraction of sp³-hybridized carbons (Fsp3) is 0.896. The average molecular weight is 696 g/mol. The maximum atomic E-state index is 5.15. The minimum absolute atomic E-state index is 0.718. The Labute approximate surface area is 316 Å². The zero-order valence-corrected chi connectivity index (χ0v) is 34.9. The van der Waals surface area contributed by atoms with Gasteiger partial charge in [-0.3, -0.25) is 0 Å². The maximum absolute atomic E-state index is 5.15. The molecule has 50 heavy (non-hydrogen) atoms. The quantitative estimate of drug-likeness (QED) is 0.0639. The molecular weight excluding hydrogens is 605 g/mol. The fourth-order valence-electron chi connectivity index (χ4n) is 7.86. The molecular formula is C48H91N2. The molecule has 2 heteroatoms. The van der Waals surface area contributed by atoms with Crippen molar-refractivity contribution < 1.29 is 0 Å². The number of unbranched alkanes of at least 4 members (excludes halogenated alkanes) is 33. The van der Waals surface area contributed by atoms with E-state index in [0.717, 1.165) is 25.1 Å². The molecule has 0 bridgehead atoms. The molecule has 1 heterocycles. The second-order valence-corrected chi connectivity index (χ2v) is 16.2. The summed E-state index contributed by atoms with van der Waals surface area (Å²) in [4.78, 5) is 10.3. The largest absolute Gasteiger partial charge is 0.238 e. The zero-order valence-electron chi connectivity index (χ0n) is 34.9.